The van der Waals surface area contributed by atoms with Gasteiger partial charge in [0.05, 0.1) is 6.26 Å². The number of aryl methyl sites for hydroxylation is 1. The van der Waals surface area contributed by atoms with Gasteiger partial charge in [-0.2, -0.15) is 5.10 Å². The summed E-state index contributed by atoms with van der Waals surface area (Å²) in [6.45, 7) is 5.18. The second kappa shape index (κ2) is 10.2. The summed E-state index contributed by atoms with van der Waals surface area (Å²) in [4.78, 5) is 4.15. The number of aliphatic imine (C=N–C) groups is 1. The summed E-state index contributed by atoms with van der Waals surface area (Å²) in [5.41, 5.74) is 0. The van der Waals surface area contributed by atoms with E-state index >= 15 is 0 Å². The van der Waals surface area contributed by atoms with Gasteiger partial charge in [0.15, 0.2) is 5.96 Å². The van der Waals surface area contributed by atoms with Crippen molar-refractivity contribution in [1.29, 1.82) is 0 Å². The molecule has 0 amide bonds. The van der Waals surface area contributed by atoms with Crippen molar-refractivity contribution in [3.05, 3.63) is 18.5 Å². The SMILES string of the molecule is CCN(CCCNC(=NC)NCCCn1cccn1)S(C)(=O)=O. The molecule has 0 aliphatic rings. The van der Waals surface area contributed by atoms with E-state index in [1.54, 1.807) is 13.2 Å². The van der Waals surface area contributed by atoms with E-state index in [0.717, 1.165) is 31.9 Å². The average Bonchev–Trinajstić information content (AvgIpc) is 3.01. The third-order valence-corrected chi connectivity index (χ3v) is 4.72. The first-order chi connectivity index (χ1) is 11.0. The first-order valence-corrected chi connectivity index (χ1v) is 9.69. The predicted molar refractivity (Wildman–Crippen MR) is 92.9 cm³/mol. The maximum absolute atomic E-state index is 11.5. The maximum Gasteiger partial charge on any atom is 0.211 e. The molecule has 0 aliphatic heterocycles. The van der Waals surface area contributed by atoms with Crippen molar-refractivity contribution in [2.24, 2.45) is 4.99 Å². The summed E-state index contributed by atoms with van der Waals surface area (Å²) >= 11 is 0. The topological polar surface area (TPSA) is 91.6 Å². The molecule has 1 rings (SSSR count). The molecule has 0 saturated heterocycles. The Hall–Kier alpha value is -1.61. The molecule has 0 saturated carbocycles. The van der Waals surface area contributed by atoms with Crippen LogP contribution in [0.3, 0.4) is 0 Å². The van der Waals surface area contributed by atoms with E-state index in [9.17, 15) is 8.42 Å². The highest BCUT2D eigenvalue weighted by atomic mass is 32.2. The molecule has 9 heteroatoms. The van der Waals surface area contributed by atoms with E-state index in [2.05, 4.69) is 20.7 Å². The highest BCUT2D eigenvalue weighted by Gasteiger charge is 2.13. The Labute approximate surface area is 139 Å². The summed E-state index contributed by atoms with van der Waals surface area (Å²) in [6, 6.07) is 1.91. The lowest BCUT2D eigenvalue weighted by molar-refractivity contribution is 0.424. The van der Waals surface area contributed by atoms with Crippen molar-refractivity contribution in [3.63, 3.8) is 0 Å². The quantitative estimate of drug-likeness (QED) is 0.357. The van der Waals surface area contributed by atoms with Crippen molar-refractivity contribution < 1.29 is 8.42 Å². The Bertz CT molecular complexity index is 556. The fraction of sp³-hybridized carbons (Fsp3) is 0.714. The Kier molecular flexibility index (Phi) is 8.64. The fourth-order valence-electron chi connectivity index (χ4n) is 2.12. The van der Waals surface area contributed by atoms with Gasteiger partial charge in [-0.15, -0.1) is 0 Å². The highest BCUT2D eigenvalue weighted by Crippen LogP contribution is 1.98. The van der Waals surface area contributed by atoms with Gasteiger partial charge in [0.2, 0.25) is 10.0 Å². The van der Waals surface area contributed by atoms with Crippen molar-refractivity contribution in [3.8, 4) is 0 Å². The molecule has 0 aliphatic carbocycles. The zero-order chi connectivity index (χ0) is 17.1. The fourth-order valence-corrected chi connectivity index (χ4v) is 3.05. The number of nitrogens with one attached hydrogen (secondary N) is 2. The first-order valence-electron chi connectivity index (χ1n) is 7.84. The van der Waals surface area contributed by atoms with Crippen LogP contribution in [0.5, 0.6) is 0 Å². The lowest BCUT2D eigenvalue weighted by Crippen LogP contribution is -2.39. The predicted octanol–water partition coefficient (Wildman–Crippen LogP) is 0.110. The van der Waals surface area contributed by atoms with E-state index in [4.69, 9.17) is 0 Å². The molecule has 8 nitrogen and oxygen atoms in total. The average molecular weight is 344 g/mol. The molecule has 0 spiro atoms. The van der Waals surface area contributed by atoms with Crippen LogP contribution in [0.2, 0.25) is 0 Å². The third-order valence-electron chi connectivity index (χ3n) is 3.34. The molecule has 0 radical (unpaired) electrons. The zero-order valence-electron chi connectivity index (χ0n) is 14.2. The largest absolute Gasteiger partial charge is 0.356 e. The molecule has 0 aromatic carbocycles. The van der Waals surface area contributed by atoms with Gasteiger partial charge in [0, 0.05) is 52.2 Å². The van der Waals surface area contributed by atoms with E-state index in [0.29, 0.717) is 19.6 Å². The van der Waals surface area contributed by atoms with Crippen molar-refractivity contribution in [1.82, 2.24) is 24.7 Å². The number of sulfonamides is 1. The van der Waals surface area contributed by atoms with Crippen LogP contribution < -0.4 is 10.6 Å². The van der Waals surface area contributed by atoms with Crippen LogP contribution in [0.4, 0.5) is 0 Å². The van der Waals surface area contributed by atoms with Crippen LogP contribution >= 0.6 is 0 Å². The number of rotatable bonds is 10. The Balaban J connectivity index is 2.16. The summed E-state index contributed by atoms with van der Waals surface area (Å²) in [7, 11) is -1.39. The van der Waals surface area contributed by atoms with Crippen LogP contribution in [0.15, 0.2) is 23.5 Å². The molecular formula is C14H28N6O2S. The monoisotopic (exact) mass is 344 g/mol. The second-order valence-electron chi connectivity index (χ2n) is 5.16. The molecule has 0 bridgehead atoms. The van der Waals surface area contributed by atoms with Gasteiger partial charge in [-0.1, -0.05) is 6.92 Å². The highest BCUT2D eigenvalue weighted by molar-refractivity contribution is 7.88. The number of hydrogen-bond acceptors (Lipinski definition) is 4. The standard InChI is InChI=1S/C14H28N6O2S/c1-4-20(23(3,21)22)13-6-9-17-14(15-2)16-8-5-11-19-12-7-10-18-19/h7,10,12H,4-6,8-9,11,13H2,1-3H3,(H2,15,16,17). The van der Waals surface area contributed by atoms with Crippen molar-refractivity contribution >= 4 is 16.0 Å². The van der Waals surface area contributed by atoms with Crippen LogP contribution in [0, 0.1) is 0 Å². The normalized spacial score (nSPS) is 12.6. The number of guanidine groups is 1. The summed E-state index contributed by atoms with van der Waals surface area (Å²) in [6.07, 6.45) is 6.62. The third kappa shape index (κ3) is 7.98. The Morgan fingerprint density at radius 2 is 2.00 bits per heavy atom. The van der Waals surface area contributed by atoms with Gasteiger partial charge in [0.1, 0.15) is 0 Å². The summed E-state index contributed by atoms with van der Waals surface area (Å²) in [5.74, 6) is 0.730. The van der Waals surface area contributed by atoms with E-state index in [1.807, 2.05) is 23.9 Å². The molecule has 1 aromatic heterocycles. The lowest BCUT2D eigenvalue weighted by Gasteiger charge is -2.18. The lowest BCUT2D eigenvalue weighted by atomic mass is 10.4. The molecule has 132 valence electrons. The van der Waals surface area contributed by atoms with Gasteiger partial charge in [-0.25, -0.2) is 12.7 Å². The van der Waals surface area contributed by atoms with Crippen molar-refractivity contribution in [2.45, 2.75) is 26.3 Å². The maximum atomic E-state index is 11.5. The molecule has 1 heterocycles. The van der Waals surface area contributed by atoms with Gasteiger partial charge in [0.25, 0.3) is 0 Å². The van der Waals surface area contributed by atoms with Crippen LogP contribution in [-0.2, 0) is 16.6 Å². The summed E-state index contributed by atoms with van der Waals surface area (Å²) in [5, 5.41) is 10.6. The van der Waals surface area contributed by atoms with Crippen molar-refractivity contribution in [2.75, 3.05) is 39.5 Å². The molecule has 1 aromatic rings. The molecule has 2 N–H and O–H groups in total. The second-order valence-corrected chi connectivity index (χ2v) is 7.14. The molecule has 0 fully saturated rings. The summed E-state index contributed by atoms with van der Waals surface area (Å²) < 4.78 is 26.3. The van der Waals surface area contributed by atoms with Gasteiger partial charge < -0.3 is 10.6 Å². The van der Waals surface area contributed by atoms with Gasteiger partial charge in [-0.3, -0.25) is 9.67 Å². The van der Waals surface area contributed by atoms with E-state index in [1.165, 1.54) is 10.6 Å². The van der Waals surface area contributed by atoms with Crippen LogP contribution in [-0.4, -0.2) is 67.9 Å². The Morgan fingerprint density at radius 1 is 1.30 bits per heavy atom. The van der Waals surface area contributed by atoms with Crippen LogP contribution in [0.25, 0.3) is 0 Å². The number of aromatic nitrogens is 2. The van der Waals surface area contributed by atoms with E-state index < -0.39 is 10.0 Å². The smallest absolute Gasteiger partial charge is 0.211 e. The minimum Gasteiger partial charge on any atom is -0.356 e. The van der Waals surface area contributed by atoms with Crippen LogP contribution in [0.1, 0.15) is 19.8 Å². The number of hydrogen-bond donors (Lipinski definition) is 2. The first kappa shape index (κ1) is 19.4. The zero-order valence-corrected chi connectivity index (χ0v) is 15.0. The molecular weight excluding hydrogens is 316 g/mol. The molecule has 0 unspecified atom stereocenters. The van der Waals surface area contributed by atoms with Gasteiger partial charge >= 0.3 is 0 Å². The molecule has 23 heavy (non-hydrogen) atoms. The molecule has 0 atom stereocenters. The minimum atomic E-state index is -3.11. The Morgan fingerprint density at radius 3 is 2.52 bits per heavy atom. The minimum absolute atomic E-state index is 0.499. The van der Waals surface area contributed by atoms with Gasteiger partial charge in [-0.05, 0) is 18.9 Å². The van der Waals surface area contributed by atoms with E-state index in [-0.39, 0.29) is 0 Å². The number of nitrogens with zero attached hydrogens (tertiary/aromatic N) is 4.